The first-order valence-electron chi connectivity index (χ1n) is 6.18. The number of halogens is 4. The fourth-order valence-electron chi connectivity index (χ4n) is 2.00. The Morgan fingerprint density at radius 2 is 2.15 bits per heavy atom. The molecule has 0 fully saturated rings. The van der Waals surface area contributed by atoms with Crippen molar-refractivity contribution in [2.45, 2.75) is 19.4 Å². The number of benzene rings is 1. The van der Waals surface area contributed by atoms with Gasteiger partial charge < -0.3 is 9.30 Å². The van der Waals surface area contributed by atoms with Gasteiger partial charge in [0.25, 0.3) is 6.43 Å². The van der Waals surface area contributed by atoms with Crippen LogP contribution < -0.4 is 0 Å². The van der Waals surface area contributed by atoms with Gasteiger partial charge in [-0.15, -0.1) is 11.6 Å². The largest absolute Gasteiger partial charge is 0.374 e. The third-order valence-corrected chi connectivity index (χ3v) is 3.00. The second kappa shape index (κ2) is 6.95. The van der Waals surface area contributed by atoms with Crippen molar-refractivity contribution in [1.29, 1.82) is 0 Å². The zero-order valence-corrected chi connectivity index (χ0v) is 11.4. The van der Waals surface area contributed by atoms with Crippen molar-refractivity contribution in [3.8, 4) is 0 Å². The van der Waals surface area contributed by atoms with Crippen LogP contribution in [0.2, 0.25) is 0 Å². The van der Waals surface area contributed by atoms with Gasteiger partial charge in [-0.3, -0.25) is 0 Å². The van der Waals surface area contributed by atoms with E-state index in [-0.39, 0.29) is 12.4 Å². The normalized spacial score (nSPS) is 11.7. The predicted molar refractivity (Wildman–Crippen MR) is 70.9 cm³/mol. The second-order valence-corrected chi connectivity index (χ2v) is 4.60. The smallest absolute Gasteiger partial charge is 0.261 e. The minimum absolute atomic E-state index is 0.113. The minimum Gasteiger partial charge on any atom is -0.374 e. The van der Waals surface area contributed by atoms with Crippen molar-refractivity contribution in [1.82, 2.24) is 9.55 Å². The summed E-state index contributed by atoms with van der Waals surface area (Å²) in [6, 6.07) is 4.28. The van der Waals surface area contributed by atoms with Crippen LogP contribution in [0.3, 0.4) is 0 Å². The molecule has 0 saturated heterocycles. The lowest BCUT2D eigenvalue weighted by atomic mass is 10.3. The van der Waals surface area contributed by atoms with E-state index in [4.69, 9.17) is 16.3 Å². The monoisotopic (exact) mass is 306 g/mol. The van der Waals surface area contributed by atoms with E-state index >= 15 is 0 Å². The summed E-state index contributed by atoms with van der Waals surface area (Å²) < 4.78 is 43.9. The molecule has 0 saturated carbocycles. The Balaban J connectivity index is 2.19. The van der Waals surface area contributed by atoms with Gasteiger partial charge in [0.05, 0.1) is 17.6 Å². The van der Waals surface area contributed by atoms with E-state index in [2.05, 4.69) is 4.98 Å². The maximum absolute atomic E-state index is 13.3. The third kappa shape index (κ3) is 3.64. The molecule has 2 rings (SSSR count). The molecule has 110 valence electrons. The zero-order chi connectivity index (χ0) is 14.5. The van der Waals surface area contributed by atoms with Crippen LogP contribution in [0.4, 0.5) is 13.2 Å². The van der Waals surface area contributed by atoms with Crippen LogP contribution in [-0.2, 0) is 17.7 Å². The zero-order valence-electron chi connectivity index (χ0n) is 10.7. The Hall–Kier alpha value is -1.27. The van der Waals surface area contributed by atoms with Gasteiger partial charge in [-0.1, -0.05) is 0 Å². The average Bonchev–Trinajstić information content (AvgIpc) is 2.72. The molecule has 1 heterocycles. The fourth-order valence-corrected chi connectivity index (χ4v) is 2.17. The van der Waals surface area contributed by atoms with E-state index in [1.54, 1.807) is 10.6 Å². The Kier molecular flexibility index (Phi) is 5.25. The quantitative estimate of drug-likeness (QED) is 0.580. The van der Waals surface area contributed by atoms with Gasteiger partial charge in [0, 0.05) is 18.8 Å². The fraction of sp³-hybridized carbons (Fsp3) is 0.462. The lowest BCUT2D eigenvalue weighted by Crippen LogP contribution is -2.13. The third-order valence-electron chi connectivity index (χ3n) is 2.81. The number of alkyl halides is 3. The lowest BCUT2D eigenvalue weighted by molar-refractivity contribution is 0.0148. The number of hydrogen-bond acceptors (Lipinski definition) is 2. The number of ether oxygens (including phenoxy) is 1. The number of fused-ring (bicyclic) bond motifs is 1. The number of aryl methyl sites for hydroxylation is 1. The number of hydrogen-bond donors (Lipinski definition) is 0. The highest BCUT2D eigenvalue weighted by Crippen LogP contribution is 2.18. The maximum atomic E-state index is 13.3. The molecular weight excluding hydrogens is 293 g/mol. The van der Waals surface area contributed by atoms with Crippen molar-refractivity contribution in [3.05, 3.63) is 29.8 Å². The molecule has 3 nitrogen and oxygen atoms in total. The summed E-state index contributed by atoms with van der Waals surface area (Å²) in [6.07, 6.45) is -1.97. The number of imidazole rings is 1. The summed E-state index contributed by atoms with van der Waals surface area (Å²) >= 11 is 5.71. The first-order valence-corrected chi connectivity index (χ1v) is 6.72. The van der Waals surface area contributed by atoms with Crippen molar-refractivity contribution < 1.29 is 17.9 Å². The van der Waals surface area contributed by atoms with Crippen molar-refractivity contribution >= 4 is 22.6 Å². The number of nitrogens with zero attached hydrogens (tertiary/aromatic N) is 2. The Morgan fingerprint density at radius 1 is 1.35 bits per heavy atom. The second-order valence-electron chi connectivity index (χ2n) is 4.22. The molecule has 0 unspecified atom stereocenters. The highest BCUT2D eigenvalue weighted by Gasteiger charge is 2.11. The maximum Gasteiger partial charge on any atom is 0.261 e. The van der Waals surface area contributed by atoms with Gasteiger partial charge in [0.15, 0.2) is 0 Å². The highest BCUT2D eigenvalue weighted by atomic mass is 35.5. The van der Waals surface area contributed by atoms with E-state index in [1.165, 1.54) is 12.1 Å². The van der Waals surface area contributed by atoms with Crippen LogP contribution in [0.25, 0.3) is 11.0 Å². The van der Waals surface area contributed by atoms with Crippen LogP contribution in [0.5, 0.6) is 0 Å². The van der Waals surface area contributed by atoms with Gasteiger partial charge in [-0.25, -0.2) is 18.2 Å². The highest BCUT2D eigenvalue weighted by molar-refractivity contribution is 6.17. The molecule has 0 amide bonds. The summed E-state index contributed by atoms with van der Waals surface area (Å²) in [5, 5.41) is 0. The molecule has 0 N–H and O–H groups in total. The van der Waals surface area contributed by atoms with E-state index in [1.807, 2.05) is 0 Å². The Morgan fingerprint density at radius 3 is 2.85 bits per heavy atom. The first kappa shape index (κ1) is 15.1. The molecule has 0 spiro atoms. The minimum atomic E-state index is -2.49. The van der Waals surface area contributed by atoms with Crippen molar-refractivity contribution in [2.24, 2.45) is 0 Å². The standard InChI is InChI=1S/C13H14ClF3N2O/c14-4-3-13-18-10-2-1-9(15)7-11(10)19(13)5-6-20-8-12(16)17/h1-2,7,12H,3-6,8H2. The molecule has 0 aliphatic heterocycles. The molecule has 20 heavy (non-hydrogen) atoms. The number of aromatic nitrogens is 2. The van der Waals surface area contributed by atoms with Gasteiger partial charge in [0.1, 0.15) is 18.2 Å². The van der Waals surface area contributed by atoms with Gasteiger partial charge in [0.2, 0.25) is 0 Å². The van der Waals surface area contributed by atoms with Crippen molar-refractivity contribution in [2.75, 3.05) is 19.1 Å². The molecule has 2 aromatic rings. The van der Waals surface area contributed by atoms with Gasteiger partial charge >= 0.3 is 0 Å². The molecule has 0 atom stereocenters. The number of rotatable bonds is 7. The predicted octanol–water partition coefficient (Wildman–Crippen LogP) is 3.24. The first-order chi connectivity index (χ1) is 9.61. The summed E-state index contributed by atoms with van der Waals surface area (Å²) in [5.74, 6) is 0.703. The molecule has 1 aromatic carbocycles. The Labute approximate surface area is 119 Å². The summed E-state index contributed by atoms with van der Waals surface area (Å²) in [6.45, 7) is -0.160. The van der Waals surface area contributed by atoms with Crippen LogP contribution in [-0.4, -0.2) is 35.1 Å². The Bertz CT molecular complexity index is 574. The van der Waals surface area contributed by atoms with E-state index in [0.29, 0.717) is 35.7 Å². The van der Waals surface area contributed by atoms with E-state index < -0.39 is 13.0 Å². The van der Waals surface area contributed by atoms with Crippen LogP contribution in [0.15, 0.2) is 18.2 Å². The molecule has 1 aromatic heterocycles. The van der Waals surface area contributed by atoms with Crippen LogP contribution >= 0.6 is 11.6 Å². The average molecular weight is 307 g/mol. The molecule has 0 aliphatic carbocycles. The van der Waals surface area contributed by atoms with Crippen molar-refractivity contribution in [3.63, 3.8) is 0 Å². The van der Waals surface area contributed by atoms with Gasteiger partial charge in [-0.2, -0.15) is 0 Å². The molecule has 7 heteroatoms. The topological polar surface area (TPSA) is 27.1 Å². The van der Waals surface area contributed by atoms with E-state index in [9.17, 15) is 13.2 Å². The van der Waals surface area contributed by atoms with E-state index in [0.717, 1.165) is 0 Å². The summed E-state index contributed by atoms with van der Waals surface area (Å²) in [5.41, 5.74) is 1.27. The molecular formula is C13H14ClF3N2O. The molecule has 0 bridgehead atoms. The summed E-state index contributed by atoms with van der Waals surface area (Å²) in [4.78, 5) is 4.37. The molecule has 0 radical (unpaired) electrons. The molecule has 0 aliphatic rings. The summed E-state index contributed by atoms with van der Waals surface area (Å²) in [7, 11) is 0. The lowest BCUT2D eigenvalue weighted by Gasteiger charge is -2.09. The SMILES string of the molecule is Fc1ccc2nc(CCCl)n(CCOCC(F)F)c2c1. The van der Waals surface area contributed by atoms with Gasteiger partial charge in [-0.05, 0) is 18.2 Å². The van der Waals surface area contributed by atoms with Crippen LogP contribution in [0.1, 0.15) is 5.82 Å². The van der Waals surface area contributed by atoms with Crippen LogP contribution in [0, 0.1) is 5.82 Å².